The molecular formula is C22H28N2O6S. The maximum atomic E-state index is 12.8. The molecule has 0 radical (unpaired) electrons. The Bertz CT molecular complexity index is 970. The van der Waals surface area contributed by atoms with Crippen molar-refractivity contribution >= 4 is 15.9 Å². The van der Waals surface area contributed by atoms with Crippen molar-refractivity contribution in [1.29, 1.82) is 0 Å². The van der Waals surface area contributed by atoms with Crippen LogP contribution in [0.5, 0.6) is 17.2 Å². The molecule has 31 heavy (non-hydrogen) atoms. The van der Waals surface area contributed by atoms with Crippen LogP contribution < -0.4 is 19.5 Å². The summed E-state index contributed by atoms with van der Waals surface area (Å²) in [5.41, 5.74) is 0. The average Bonchev–Trinajstić information content (AvgIpc) is 2.79. The highest BCUT2D eigenvalue weighted by atomic mass is 32.2. The number of sulfonamides is 1. The van der Waals surface area contributed by atoms with Crippen molar-refractivity contribution in [1.82, 2.24) is 9.62 Å². The number of carbonyl (C=O) groups excluding carboxylic acids is 1. The molecule has 1 heterocycles. The molecule has 0 saturated carbocycles. The molecule has 1 aliphatic heterocycles. The highest BCUT2D eigenvalue weighted by Crippen LogP contribution is 2.26. The van der Waals surface area contributed by atoms with E-state index in [0.717, 1.165) is 0 Å². The summed E-state index contributed by atoms with van der Waals surface area (Å²) < 4.78 is 43.3. The fourth-order valence-electron chi connectivity index (χ4n) is 3.39. The van der Waals surface area contributed by atoms with Crippen molar-refractivity contribution in [2.75, 3.05) is 33.4 Å². The van der Waals surface area contributed by atoms with Crippen LogP contribution in [0.4, 0.5) is 0 Å². The minimum atomic E-state index is -3.57. The summed E-state index contributed by atoms with van der Waals surface area (Å²) in [5, 5.41) is 2.92. The van der Waals surface area contributed by atoms with Gasteiger partial charge in [-0.25, -0.2) is 8.42 Å². The molecule has 0 spiro atoms. The quantitative estimate of drug-likeness (QED) is 0.633. The second-order valence-corrected chi connectivity index (χ2v) is 9.03. The van der Waals surface area contributed by atoms with Gasteiger partial charge in [0.2, 0.25) is 10.0 Å². The van der Waals surface area contributed by atoms with Crippen molar-refractivity contribution in [3.63, 3.8) is 0 Å². The molecule has 2 aromatic carbocycles. The molecule has 0 aromatic heterocycles. The molecule has 168 valence electrons. The number of benzene rings is 2. The molecule has 1 N–H and O–H groups in total. The smallest absolute Gasteiger partial charge is 0.258 e. The number of ether oxygens (including phenoxy) is 3. The van der Waals surface area contributed by atoms with Gasteiger partial charge in [0.15, 0.2) is 18.1 Å². The molecule has 1 fully saturated rings. The average molecular weight is 449 g/mol. The van der Waals surface area contributed by atoms with E-state index in [2.05, 4.69) is 5.32 Å². The van der Waals surface area contributed by atoms with Crippen molar-refractivity contribution in [3.8, 4) is 17.2 Å². The largest absolute Gasteiger partial charge is 0.497 e. The van der Waals surface area contributed by atoms with Crippen molar-refractivity contribution in [2.45, 2.75) is 30.7 Å². The lowest BCUT2D eigenvalue weighted by molar-refractivity contribution is -0.124. The van der Waals surface area contributed by atoms with Gasteiger partial charge in [-0.2, -0.15) is 4.31 Å². The Morgan fingerprint density at radius 3 is 2.23 bits per heavy atom. The van der Waals surface area contributed by atoms with Gasteiger partial charge < -0.3 is 19.5 Å². The standard InChI is InChI=1S/C22H28N2O6S/c1-3-29-20-6-4-5-7-21(20)30-16-22(25)23-17-12-14-24(15-13-17)31(26,27)19-10-8-18(28-2)9-11-19/h4-11,17H,3,12-16H2,1-2H3,(H,23,25). The van der Waals surface area contributed by atoms with E-state index in [4.69, 9.17) is 14.2 Å². The van der Waals surface area contributed by atoms with Gasteiger partial charge in [-0.15, -0.1) is 0 Å². The molecule has 1 saturated heterocycles. The van der Waals surface area contributed by atoms with Crippen LogP contribution in [0.2, 0.25) is 0 Å². The van der Waals surface area contributed by atoms with E-state index in [1.54, 1.807) is 36.4 Å². The molecule has 9 heteroatoms. The molecule has 2 aromatic rings. The Labute approximate surface area is 183 Å². The van der Waals surface area contributed by atoms with Gasteiger partial charge in [0.25, 0.3) is 5.91 Å². The van der Waals surface area contributed by atoms with Crippen molar-refractivity contribution < 1.29 is 27.4 Å². The van der Waals surface area contributed by atoms with Gasteiger partial charge in [-0.05, 0) is 56.2 Å². The Balaban J connectivity index is 1.49. The van der Waals surface area contributed by atoms with Gasteiger partial charge in [-0.3, -0.25) is 4.79 Å². The third-order valence-electron chi connectivity index (χ3n) is 5.02. The van der Waals surface area contributed by atoms with Gasteiger partial charge in [0, 0.05) is 19.1 Å². The molecule has 0 bridgehead atoms. The number of nitrogens with zero attached hydrogens (tertiary/aromatic N) is 1. The van der Waals surface area contributed by atoms with Gasteiger partial charge in [-0.1, -0.05) is 12.1 Å². The Morgan fingerprint density at radius 2 is 1.65 bits per heavy atom. The van der Waals surface area contributed by atoms with E-state index >= 15 is 0 Å². The molecule has 1 amide bonds. The minimum absolute atomic E-state index is 0.0967. The Hall–Kier alpha value is -2.78. The van der Waals surface area contributed by atoms with E-state index in [0.29, 0.717) is 49.8 Å². The highest BCUT2D eigenvalue weighted by Gasteiger charge is 2.30. The predicted molar refractivity (Wildman–Crippen MR) is 116 cm³/mol. The fraction of sp³-hybridized carbons (Fsp3) is 0.409. The number of amides is 1. The maximum absolute atomic E-state index is 12.8. The second kappa shape index (κ2) is 10.5. The van der Waals surface area contributed by atoms with Gasteiger partial charge in [0.1, 0.15) is 5.75 Å². The number of para-hydroxylation sites is 2. The molecule has 1 aliphatic rings. The third kappa shape index (κ3) is 5.89. The number of piperidine rings is 1. The summed E-state index contributed by atoms with van der Waals surface area (Å²) in [6, 6.07) is 13.4. The molecular weight excluding hydrogens is 420 g/mol. The molecule has 8 nitrogen and oxygen atoms in total. The summed E-state index contributed by atoms with van der Waals surface area (Å²) >= 11 is 0. The number of nitrogens with one attached hydrogen (secondary N) is 1. The van der Waals surface area contributed by atoms with Gasteiger partial charge in [0.05, 0.1) is 18.6 Å². The van der Waals surface area contributed by atoms with Crippen LogP contribution >= 0.6 is 0 Å². The zero-order chi connectivity index (χ0) is 22.3. The summed E-state index contributed by atoms with van der Waals surface area (Å²) in [4.78, 5) is 12.5. The lowest BCUT2D eigenvalue weighted by Crippen LogP contribution is -2.47. The molecule has 3 rings (SSSR count). The zero-order valence-corrected chi connectivity index (χ0v) is 18.6. The first-order chi connectivity index (χ1) is 14.9. The van der Waals surface area contributed by atoms with E-state index in [-0.39, 0.29) is 23.5 Å². The Kier molecular flexibility index (Phi) is 7.75. The monoisotopic (exact) mass is 448 g/mol. The lowest BCUT2D eigenvalue weighted by atomic mass is 10.1. The van der Waals surface area contributed by atoms with Crippen LogP contribution in [0.3, 0.4) is 0 Å². The second-order valence-electron chi connectivity index (χ2n) is 7.09. The number of hydrogen-bond acceptors (Lipinski definition) is 6. The van der Waals surface area contributed by atoms with Crippen LogP contribution in [0, 0.1) is 0 Å². The highest BCUT2D eigenvalue weighted by molar-refractivity contribution is 7.89. The van der Waals surface area contributed by atoms with Crippen molar-refractivity contribution in [2.24, 2.45) is 0 Å². The molecule has 0 atom stereocenters. The third-order valence-corrected chi connectivity index (χ3v) is 6.94. The van der Waals surface area contributed by atoms with Crippen LogP contribution in [-0.2, 0) is 14.8 Å². The normalized spacial score (nSPS) is 15.3. The fourth-order valence-corrected chi connectivity index (χ4v) is 4.86. The van der Waals surface area contributed by atoms with E-state index in [1.165, 1.54) is 11.4 Å². The zero-order valence-electron chi connectivity index (χ0n) is 17.7. The number of methoxy groups -OCH3 is 1. The summed E-state index contributed by atoms with van der Waals surface area (Å²) in [6.45, 7) is 2.93. The maximum Gasteiger partial charge on any atom is 0.258 e. The first-order valence-electron chi connectivity index (χ1n) is 10.2. The van der Waals surface area contributed by atoms with E-state index < -0.39 is 10.0 Å². The van der Waals surface area contributed by atoms with Gasteiger partial charge >= 0.3 is 0 Å². The van der Waals surface area contributed by atoms with Crippen LogP contribution in [0.15, 0.2) is 53.4 Å². The number of rotatable bonds is 9. The summed E-state index contributed by atoms with van der Waals surface area (Å²) in [6.07, 6.45) is 1.08. The van der Waals surface area contributed by atoms with Crippen molar-refractivity contribution in [3.05, 3.63) is 48.5 Å². The van der Waals surface area contributed by atoms with Crippen LogP contribution in [0.25, 0.3) is 0 Å². The number of carbonyl (C=O) groups is 1. The predicted octanol–water partition coefficient (Wildman–Crippen LogP) is 2.44. The molecule has 0 aliphatic carbocycles. The topological polar surface area (TPSA) is 94.2 Å². The van der Waals surface area contributed by atoms with E-state index in [9.17, 15) is 13.2 Å². The molecule has 0 unspecified atom stereocenters. The van der Waals surface area contributed by atoms with E-state index in [1.807, 2.05) is 19.1 Å². The Morgan fingerprint density at radius 1 is 1.03 bits per heavy atom. The number of hydrogen-bond donors (Lipinski definition) is 1. The summed E-state index contributed by atoms with van der Waals surface area (Å²) in [5.74, 6) is 1.46. The first-order valence-corrected chi connectivity index (χ1v) is 11.7. The minimum Gasteiger partial charge on any atom is -0.497 e. The lowest BCUT2D eigenvalue weighted by Gasteiger charge is -2.31. The van der Waals surface area contributed by atoms with Crippen LogP contribution in [0.1, 0.15) is 19.8 Å². The van der Waals surface area contributed by atoms with Crippen LogP contribution in [-0.4, -0.2) is 58.1 Å². The summed E-state index contributed by atoms with van der Waals surface area (Å²) in [7, 11) is -2.04. The first kappa shape index (κ1) is 22.9. The SMILES string of the molecule is CCOc1ccccc1OCC(=O)NC1CCN(S(=O)(=O)c2ccc(OC)cc2)CC1.